The summed E-state index contributed by atoms with van der Waals surface area (Å²) < 4.78 is 0.939. The summed E-state index contributed by atoms with van der Waals surface area (Å²) in [5, 5.41) is 11.6. The number of carbonyl (C=O) groups is 1. The number of carbonyl (C=O) groups excluding carboxylic acids is 1. The second-order valence-corrected chi connectivity index (χ2v) is 4.30. The maximum absolute atomic E-state index is 11.3. The SMILES string of the molecule is CC(O)CNC(=O)/C=C/c1ccccc1Br. The van der Waals surface area contributed by atoms with Crippen molar-refractivity contribution in [2.24, 2.45) is 0 Å². The first-order valence-corrected chi connectivity index (χ1v) is 5.77. The van der Waals surface area contributed by atoms with Crippen LogP contribution in [0.3, 0.4) is 0 Å². The smallest absolute Gasteiger partial charge is 0.244 e. The van der Waals surface area contributed by atoms with Crippen LogP contribution in [0.1, 0.15) is 12.5 Å². The van der Waals surface area contributed by atoms with Gasteiger partial charge in [0.1, 0.15) is 0 Å². The van der Waals surface area contributed by atoms with E-state index in [0.29, 0.717) is 0 Å². The number of aliphatic hydroxyl groups is 1. The maximum Gasteiger partial charge on any atom is 0.244 e. The van der Waals surface area contributed by atoms with Gasteiger partial charge in [-0.05, 0) is 24.6 Å². The summed E-state index contributed by atoms with van der Waals surface area (Å²) in [4.78, 5) is 11.3. The summed E-state index contributed by atoms with van der Waals surface area (Å²) in [6.07, 6.45) is 2.64. The zero-order chi connectivity index (χ0) is 12.0. The molecule has 0 spiro atoms. The Labute approximate surface area is 103 Å². The van der Waals surface area contributed by atoms with Gasteiger partial charge in [-0.1, -0.05) is 34.1 Å². The number of hydrogen-bond acceptors (Lipinski definition) is 2. The van der Waals surface area contributed by atoms with Crippen molar-refractivity contribution in [3.63, 3.8) is 0 Å². The summed E-state index contributed by atoms with van der Waals surface area (Å²) in [5.74, 6) is -0.211. The Bertz CT molecular complexity index is 388. The van der Waals surface area contributed by atoms with Gasteiger partial charge in [0, 0.05) is 17.1 Å². The van der Waals surface area contributed by atoms with E-state index in [-0.39, 0.29) is 12.5 Å². The predicted octanol–water partition coefficient (Wildman–Crippen LogP) is 1.96. The van der Waals surface area contributed by atoms with Gasteiger partial charge in [-0.3, -0.25) is 4.79 Å². The van der Waals surface area contributed by atoms with Crippen molar-refractivity contribution in [3.05, 3.63) is 40.4 Å². The first kappa shape index (κ1) is 12.9. The van der Waals surface area contributed by atoms with Gasteiger partial charge >= 0.3 is 0 Å². The molecule has 1 amide bonds. The lowest BCUT2D eigenvalue weighted by Crippen LogP contribution is -2.28. The molecule has 1 aromatic rings. The highest BCUT2D eigenvalue weighted by atomic mass is 79.9. The van der Waals surface area contributed by atoms with E-state index < -0.39 is 6.10 Å². The Balaban J connectivity index is 2.54. The molecule has 0 radical (unpaired) electrons. The third-order valence-corrected chi connectivity index (χ3v) is 2.61. The van der Waals surface area contributed by atoms with Gasteiger partial charge in [-0.15, -0.1) is 0 Å². The summed E-state index contributed by atoms with van der Waals surface area (Å²) >= 11 is 3.39. The van der Waals surface area contributed by atoms with Gasteiger partial charge in [0.2, 0.25) is 5.91 Å². The van der Waals surface area contributed by atoms with E-state index in [9.17, 15) is 4.79 Å². The van der Waals surface area contributed by atoms with Gasteiger partial charge < -0.3 is 10.4 Å². The van der Waals surface area contributed by atoms with E-state index in [2.05, 4.69) is 21.2 Å². The average Bonchev–Trinajstić information content (AvgIpc) is 2.25. The normalized spacial score (nSPS) is 12.7. The highest BCUT2D eigenvalue weighted by Gasteiger charge is 1.99. The number of hydrogen-bond donors (Lipinski definition) is 2. The Morgan fingerprint density at radius 1 is 1.56 bits per heavy atom. The minimum absolute atomic E-state index is 0.211. The zero-order valence-electron chi connectivity index (χ0n) is 8.98. The standard InChI is InChI=1S/C12H14BrNO2/c1-9(15)8-14-12(16)7-6-10-4-2-3-5-11(10)13/h2-7,9,15H,8H2,1H3,(H,14,16)/b7-6+. The number of aliphatic hydroxyl groups excluding tert-OH is 1. The Morgan fingerprint density at radius 3 is 2.88 bits per heavy atom. The Morgan fingerprint density at radius 2 is 2.25 bits per heavy atom. The topological polar surface area (TPSA) is 49.3 Å². The van der Waals surface area contributed by atoms with Crippen LogP contribution >= 0.6 is 15.9 Å². The van der Waals surface area contributed by atoms with Gasteiger partial charge in [0.15, 0.2) is 0 Å². The summed E-state index contributed by atoms with van der Waals surface area (Å²) in [6.45, 7) is 1.89. The molecule has 0 aliphatic carbocycles. The van der Waals surface area contributed by atoms with Crippen molar-refractivity contribution in [2.75, 3.05) is 6.54 Å². The second kappa shape index (κ2) is 6.45. The molecule has 0 aliphatic rings. The average molecular weight is 284 g/mol. The van der Waals surface area contributed by atoms with Crippen LogP contribution in [-0.4, -0.2) is 23.7 Å². The van der Waals surface area contributed by atoms with Crippen molar-refractivity contribution in [1.29, 1.82) is 0 Å². The van der Waals surface area contributed by atoms with Crippen LogP contribution in [0.4, 0.5) is 0 Å². The van der Waals surface area contributed by atoms with E-state index >= 15 is 0 Å². The minimum Gasteiger partial charge on any atom is -0.392 e. The van der Waals surface area contributed by atoms with Gasteiger partial charge in [0.05, 0.1) is 6.10 Å². The fraction of sp³-hybridized carbons (Fsp3) is 0.250. The fourth-order valence-electron chi connectivity index (χ4n) is 1.08. The second-order valence-electron chi connectivity index (χ2n) is 3.45. The molecule has 0 fully saturated rings. The molecule has 0 heterocycles. The maximum atomic E-state index is 11.3. The van der Waals surface area contributed by atoms with E-state index in [1.807, 2.05) is 24.3 Å². The molecule has 0 bridgehead atoms. The van der Waals surface area contributed by atoms with Gasteiger partial charge in [-0.2, -0.15) is 0 Å². The van der Waals surface area contributed by atoms with Crippen molar-refractivity contribution in [2.45, 2.75) is 13.0 Å². The molecule has 0 aliphatic heterocycles. The summed E-state index contributed by atoms with van der Waals surface area (Å²) in [6, 6.07) is 7.63. The van der Waals surface area contributed by atoms with E-state index in [0.717, 1.165) is 10.0 Å². The number of nitrogens with one attached hydrogen (secondary N) is 1. The molecular formula is C12H14BrNO2. The number of halogens is 1. The molecule has 1 atom stereocenters. The molecule has 16 heavy (non-hydrogen) atoms. The van der Waals surface area contributed by atoms with Crippen LogP contribution in [0.15, 0.2) is 34.8 Å². The summed E-state index contributed by atoms with van der Waals surface area (Å²) in [5.41, 5.74) is 0.940. The fourth-order valence-corrected chi connectivity index (χ4v) is 1.50. The summed E-state index contributed by atoms with van der Waals surface area (Å²) in [7, 11) is 0. The molecule has 86 valence electrons. The lowest BCUT2D eigenvalue weighted by Gasteiger charge is -2.03. The van der Waals surface area contributed by atoms with E-state index in [4.69, 9.17) is 5.11 Å². The lowest BCUT2D eigenvalue weighted by molar-refractivity contribution is -0.116. The molecular weight excluding hydrogens is 270 g/mol. The highest BCUT2D eigenvalue weighted by molar-refractivity contribution is 9.10. The highest BCUT2D eigenvalue weighted by Crippen LogP contribution is 2.16. The van der Waals surface area contributed by atoms with Crippen molar-refractivity contribution < 1.29 is 9.90 Å². The van der Waals surface area contributed by atoms with Crippen molar-refractivity contribution >= 4 is 27.9 Å². The number of amides is 1. The molecule has 4 heteroatoms. The molecule has 1 unspecified atom stereocenters. The number of rotatable bonds is 4. The first-order chi connectivity index (χ1) is 7.59. The largest absolute Gasteiger partial charge is 0.392 e. The third-order valence-electron chi connectivity index (χ3n) is 1.89. The minimum atomic E-state index is -0.527. The number of benzene rings is 1. The van der Waals surface area contributed by atoms with Crippen LogP contribution in [0.25, 0.3) is 6.08 Å². The quantitative estimate of drug-likeness (QED) is 0.830. The molecule has 0 saturated carbocycles. The van der Waals surface area contributed by atoms with Gasteiger partial charge in [0.25, 0.3) is 0 Å². The van der Waals surface area contributed by atoms with Crippen LogP contribution < -0.4 is 5.32 Å². The van der Waals surface area contributed by atoms with Crippen molar-refractivity contribution in [1.82, 2.24) is 5.32 Å². The lowest BCUT2D eigenvalue weighted by atomic mass is 10.2. The Hall–Kier alpha value is -1.13. The van der Waals surface area contributed by atoms with E-state index in [1.165, 1.54) is 6.08 Å². The molecule has 3 nitrogen and oxygen atoms in total. The predicted molar refractivity (Wildman–Crippen MR) is 67.9 cm³/mol. The molecule has 1 aromatic carbocycles. The molecule has 0 aromatic heterocycles. The molecule has 2 N–H and O–H groups in total. The Kier molecular flexibility index (Phi) is 5.22. The first-order valence-electron chi connectivity index (χ1n) is 4.98. The van der Waals surface area contributed by atoms with Crippen LogP contribution in [0.2, 0.25) is 0 Å². The molecule has 1 rings (SSSR count). The molecule has 0 saturated heterocycles. The van der Waals surface area contributed by atoms with Crippen LogP contribution in [-0.2, 0) is 4.79 Å². The van der Waals surface area contributed by atoms with E-state index in [1.54, 1.807) is 13.0 Å². The zero-order valence-corrected chi connectivity index (χ0v) is 10.6. The third kappa shape index (κ3) is 4.59. The van der Waals surface area contributed by atoms with Crippen LogP contribution in [0.5, 0.6) is 0 Å². The van der Waals surface area contributed by atoms with Crippen LogP contribution in [0, 0.1) is 0 Å². The van der Waals surface area contributed by atoms with Gasteiger partial charge in [-0.25, -0.2) is 0 Å². The van der Waals surface area contributed by atoms with Crippen molar-refractivity contribution in [3.8, 4) is 0 Å². The monoisotopic (exact) mass is 283 g/mol.